The van der Waals surface area contributed by atoms with E-state index in [1.807, 2.05) is 31.2 Å². The second-order valence-electron chi connectivity index (χ2n) is 7.79. The maximum atomic E-state index is 13.3. The lowest BCUT2D eigenvalue weighted by Gasteiger charge is -2.24. The topological polar surface area (TPSA) is 70.8 Å². The van der Waals surface area contributed by atoms with Gasteiger partial charge in [0.15, 0.2) is 5.65 Å². The second-order valence-corrected chi connectivity index (χ2v) is 10.1. The number of aryl methyl sites for hydroxylation is 1. The minimum absolute atomic E-state index is 0.0962. The Hall–Kier alpha value is -2.75. The Bertz CT molecular complexity index is 1420. The van der Waals surface area contributed by atoms with Gasteiger partial charge in [0.1, 0.15) is 16.7 Å². The summed E-state index contributed by atoms with van der Waals surface area (Å²) in [5.41, 5.74) is 2.18. The molecule has 0 radical (unpaired) electrons. The zero-order valence-electron chi connectivity index (χ0n) is 17.4. The van der Waals surface area contributed by atoms with Crippen molar-refractivity contribution in [3.05, 3.63) is 65.1 Å². The van der Waals surface area contributed by atoms with Gasteiger partial charge in [-0.15, -0.1) is 0 Å². The van der Waals surface area contributed by atoms with Gasteiger partial charge in [-0.2, -0.15) is 9.40 Å². The normalized spacial score (nSPS) is 16.0. The van der Waals surface area contributed by atoms with Crippen LogP contribution in [0.1, 0.15) is 12.1 Å². The molecular weight excluding hydrogens is 453 g/mol. The molecule has 0 aliphatic carbocycles. The molecule has 5 rings (SSSR count). The molecular formula is C22H21ClFN5O2S. The molecule has 2 aromatic carbocycles. The van der Waals surface area contributed by atoms with E-state index in [-0.39, 0.29) is 4.90 Å². The van der Waals surface area contributed by atoms with Crippen molar-refractivity contribution in [2.24, 2.45) is 0 Å². The molecule has 4 aromatic rings. The lowest BCUT2D eigenvalue weighted by atomic mass is 10.2. The average Bonchev–Trinajstić information content (AvgIpc) is 2.96. The summed E-state index contributed by atoms with van der Waals surface area (Å²) < 4.78 is 42.6. The number of hydrogen-bond acceptors (Lipinski definition) is 5. The van der Waals surface area contributed by atoms with Gasteiger partial charge < -0.3 is 4.90 Å². The molecule has 1 aliphatic rings. The van der Waals surface area contributed by atoms with E-state index >= 15 is 0 Å². The number of hydrogen-bond donors (Lipinski definition) is 0. The fraction of sp³-hybridized carbons (Fsp3) is 0.273. The van der Waals surface area contributed by atoms with E-state index in [0.717, 1.165) is 16.7 Å². The van der Waals surface area contributed by atoms with Gasteiger partial charge in [-0.25, -0.2) is 22.3 Å². The molecule has 1 saturated heterocycles. The van der Waals surface area contributed by atoms with Crippen molar-refractivity contribution in [1.82, 2.24) is 18.9 Å². The molecule has 0 bridgehead atoms. The third kappa shape index (κ3) is 3.50. The number of anilines is 1. The molecule has 2 aromatic heterocycles. The summed E-state index contributed by atoms with van der Waals surface area (Å²) in [7, 11) is -3.70. The van der Waals surface area contributed by atoms with Crippen molar-refractivity contribution in [1.29, 1.82) is 0 Å². The Balaban J connectivity index is 1.50. The number of sulfonamides is 1. The third-order valence-electron chi connectivity index (χ3n) is 5.76. The fourth-order valence-corrected chi connectivity index (χ4v) is 5.74. The van der Waals surface area contributed by atoms with Gasteiger partial charge in [0, 0.05) is 31.6 Å². The summed E-state index contributed by atoms with van der Waals surface area (Å²) in [6.45, 7) is 3.64. The van der Waals surface area contributed by atoms with E-state index in [9.17, 15) is 12.8 Å². The molecule has 1 aliphatic heterocycles. The largest absolute Gasteiger partial charge is 0.355 e. The van der Waals surface area contributed by atoms with E-state index in [1.54, 1.807) is 4.52 Å². The van der Waals surface area contributed by atoms with Crippen LogP contribution in [0.3, 0.4) is 0 Å². The number of rotatable bonds is 3. The van der Waals surface area contributed by atoms with Crippen LogP contribution in [0.25, 0.3) is 16.6 Å². The lowest BCUT2D eigenvalue weighted by Crippen LogP contribution is -2.35. The Kier molecular flexibility index (Phi) is 5.27. The first-order chi connectivity index (χ1) is 15.4. The van der Waals surface area contributed by atoms with Gasteiger partial charge in [0.05, 0.1) is 16.1 Å². The molecule has 3 heterocycles. The molecule has 1 fully saturated rings. The van der Waals surface area contributed by atoms with Crippen molar-refractivity contribution >= 4 is 44.0 Å². The van der Waals surface area contributed by atoms with Crippen LogP contribution in [0.15, 0.2) is 53.4 Å². The molecule has 166 valence electrons. The van der Waals surface area contributed by atoms with Crippen LogP contribution >= 0.6 is 11.6 Å². The quantitative estimate of drug-likeness (QED) is 0.451. The number of halogens is 2. The third-order valence-corrected chi connectivity index (χ3v) is 8.11. The van der Waals surface area contributed by atoms with Crippen LogP contribution in [-0.4, -0.2) is 53.5 Å². The monoisotopic (exact) mass is 473 g/mol. The zero-order chi connectivity index (χ0) is 22.5. The molecule has 0 atom stereocenters. The van der Waals surface area contributed by atoms with Crippen LogP contribution in [0, 0.1) is 12.7 Å². The first-order valence-electron chi connectivity index (χ1n) is 10.3. The van der Waals surface area contributed by atoms with Crippen molar-refractivity contribution in [3.63, 3.8) is 0 Å². The van der Waals surface area contributed by atoms with Gasteiger partial charge in [-0.1, -0.05) is 23.7 Å². The number of para-hydroxylation sites is 1. The molecule has 7 nitrogen and oxygen atoms in total. The Labute approximate surface area is 190 Å². The fourth-order valence-electron chi connectivity index (χ4n) is 4.11. The minimum Gasteiger partial charge on any atom is -0.355 e. The summed E-state index contributed by atoms with van der Waals surface area (Å²) in [5.74, 6) is 0.295. The zero-order valence-corrected chi connectivity index (χ0v) is 18.9. The van der Waals surface area contributed by atoms with Crippen molar-refractivity contribution in [2.75, 3.05) is 31.1 Å². The highest BCUT2D eigenvalue weighted by atomic mass is 35.5. The van der Waals surface area contributed by atoms with E-state index in [0.29, 0.717) is 49.0 Å². The van der Waals surface area contributed by atoms with Crippen LogP contribution in [-0.2, 0) is 10.0 Å². The van der Waals surface area contributed by atoms with Crippen LogP contribution in [0.5, 0.6) is 0 Å². The molecule has 0 saturated carbocycles. The Morgan fingerprint density at radius 1 is 1.00 bits per heavy atom. The van der Waals surface area contributed by atoms with Gasteiger partial charge >= 0.3 is 0 Å². The maximum Gasteiger partial charge on any atom is 0.243 e. The Morgan fingerprint density at radius 2 is 1.75 bits per heavy atom. The predicted octanol–water partition coefficient (Wildman–Crippen LogP) is 3.88. The molecule has 10 heteroatoms. The van der Waals surface area contributed by atoms with Crippen LogP contribution in [0.4, 0.5) is 10.2 Å². The SMILES string of the molecule is Cc1nn2c(nc(N3CCCN(S(=O)(=O)c4ccc(F)cc4)CC3)c3ccccc32)c1Cl. The molecule has 0 unspecified atom stereocenters. The highest BCUT2D eigenvalue weighted by molar-refractivity contribution is 7.89. The van der Waals surface area contributed by atoms with Crippen LogP contribution in [0.2, 0.25) is 5.02 Å². The lowest BCUT2D eigenvalue weighted by molar-refractivity contribution is 0.433. The number of aromatic nitrogens is 3. The summed E-state index contributed by atoms with van der Waals surface area (Å²) in [6, 6.07) is 12.8. The van der Waals surface area contributed by atoms with E-state index in [4.69, 9.17) is 16.6 Å². The van der Waals surface area contributed by atoms with Gasteiger partial charge in [-0.3, -0.25) is 0 Å². The number of nitrogens with zero attached hydrogens (tertiary/aromatic N) is 5. The van der Waals surface area contributed by atoms with Crippen molar-refractivity contribution < 1.29 is 12.8 Å². The van der Waals surface area contributed by atoms with Crippen molar-refractivity contribution in [2.45, 2.75) is 18.2 Å². The second kappa shape index (κ2) is 7.99. The first-order valence-corrected chi connectivity index (χ1v) is 12.1. The van der Waals surface area contributed by atoms with Crippen molar-refractivity contribution in [3.8, 4) is 0 Å². The van der Waals surface area contributed by atoms with Gasteiger partial charge in [0.25, 0.3) is 0 Å². The van der Waals surface area contributed by atoms with Crippen LogP contribution < -0.4 is 4.90 Å². The summed E-state index contributed by atoms with van der Waals surface area (Å²) >= 11 is 6.47. The standard InChI is InChI=1S/C22H21ClFN5O2S/c1-15-20(23)22-25-21(18-5-2-3-6-19(18)29(22)26-15)27-11-4-12-28(14-13-27)32(30,31)17-9-7-16(24)8-10-17/h2-3,5-10H,4,11-14H2,1H3. The summed E-state index contributed by atoms with van der Waals surface area (Å²) in [4.78, 5) is 7.02. The molecule has 32 heavy (non-hydrogen) atoms. The molecule has 0 N–H and O–H groups in total. The molecule has 0 spiro atoms. The number of benzene rings is 2. The highest BCUT2D eigenvalue weighted by Gasteiger charge is 2.28. The average molecular weight is 474 g/mol. The maximum absolute atomic E-state index is 13.3. The van der Waals surface area contributed by atoms with Gasteiger partial charge in [0.2, 0.25) is 10.0 Å². The summed E-state index contributed by atoms with van der Waals surface area (Å²) in [5, 5.41) is 5.95. The van der Waals surface area contributed by atoms with E-state index in [1.165, 1.54) is 28.6 Å². The predicted molar refractivity (Wildman–Crippen MR) is 122 cm³/mol. The molecule has 0 amide bonds. The summed E-state index contributed by atoms with van der Waals surface area (Å²) in [6.07, 6.45) is 0.633. The highest BCUT2D eigenvalue weighted by Crippen LogP contribution is 2.31. The first kappa shape index (κ1) is 21.1. The van der Waals surface area contributed by atoms with E-state index < -0.39 is 15.8 Å². The minimum atomic E-state index is -3.70. The number of fused-ring (bicyclic) bond motifs is 3. The van der Waals surface area contributed by atoms with Gasteiger partial charge in [-0.05, 0) is 49.7 Å². The van der Waals surface area contributed by atoms with E-state index in [2.05, 4.69) is 10.00 Å². The Morgan fingerprint density at radius 3 is 2.53 bits per heavy atom. The smallest absolute Gasteiger partial charge is 0.243 e.